The Hall–Kier alpha value is -1.62. The number of Topliss-reactive ketones (excluding diaryl/α,β-unsaturated/α-hetero) is 1. The van der Waals surface area contributed by atoms with E-state index in [2.05, 4.69) is 4.98 Å². The Morgan fingerprint density at radius 2 is 1.90 bits per heavy atom. The summed E-state index contributed by atoms with van der Waals surface area (Å²) in [6, 6.07) is 0. The zero-order valence-electron chi connectivity index (χ0n) is 14.0. The fourth-order valence-electron chi connectivity index (χ4n) is 2.66. The molecular weight excluding hydrogens is 266 g/mol. The van der Waals surface area contributed by atoms with Gasteiger partial charge in [-0.25, -0.2) is 0 Å². The molecule has 0 saturated carbocycles. The first-order valence-electron chi connectivity index (χ1n) is 7.32. The van der Waals surface area contributed by atoms with Gasteiger partial charge in [-0.3, -0.25) is 9.59 Å². The number of carbonyl (C=O) groups is 2. The molecule has 0 spiro atoms. The largest absolute Gasteiger partial charge is 0.354 e. The van der Waals surface area contributed by atoms with Crippen LogP contribution < -0.4 is 5.73 Å². The zero-order chi connectivity index (χ0) is 16.4. The summed E-state index contributed by atoms with van der Waals surface area (Å²) in [4.78, 5) is 29.2. The molecular formula is C16H27N3O2. The second-order valence-electron chi connectivity index (χ2n) is 6.42. The molecule has 1 amide bonds. The van der Waals surface area contributed by atoms with Crippen molar-refractivity contribution in [1.82, 2.24) is 9.88 Å². The van der Waals surface area contributed by atoms with Crippen molar-refractivity contribution in [2.75, 3.05) is 20.1 Å². The van der Waals surface area contributed by atoms with Crippen LogP contribution in [-0.4, -0.2) is 41.7 Å². The number of hydrogen-bond acceptors (Lipinski definition) is 3. The number of ketones is 1. The van der Waals surface area contributed by atoms with Crippen LogP contribution in [0.4, 0.5) is 0 Å². The molecule has 0 bridgehead atoms. The molecule has 0 saturated heterocycles. The molecule has 118 valence electrons. The highest BCUT2D eigenvalue weighted by Crippen LogP contribution is 2.23. The molecule has 1 rings (SSSR count). The van der Waals surface area contributed by atoms with Gasteiger partial charge in [-0.2, -0.15) is 0 Å². The van der Waals surface area contributed by atoms with Gasteiger partial charge in [0.15, 0.2) is 5.78 Å². The number of nitrogens with zero attached hydrogens (tertiary/aromatic N) is 1. The summed E-state index contributed by atoms with van der Waals surface area (Å²) in [6.45, 7) is 10.4. The molecule has 0 aliphatic rings. The topological polar surface area (TPSA) is 79.2 Å². The smallest absolute Gasteiger partial charge is 0.270 e. The minimum atomic E-state index is -0.137. The predicted octanol–water partition coefficient (Wildman–Crippen LogP) is 2.15. The van der Waals surface area contributed by atoms with Gasteiger partial charge in [0.25, 0.3) is 5.91 Å². The Balaban J connectivity index is 3.14. The molecule has 0 aliphatic heterocycles. The normalized spacial score (nSPS) is 11.6. The summed E-state index contributed by atoms with van der Waals surface area (Å²) in [7, 11) is 1.77. The van der Waals surface area contributed by atoms with E-state index in [0.717, 1.165) is 11.3 Å². The van der Waals surface area contributed by atoms with Gasteiger partial charge in [0.1, 0.15) is 5.69 Å². The third-order valence-corrected chi connectivity index (χ3v) is 3.78. The molecule has 0 atom stereocenters. The highest BCUT2D eigenvalue weighted by Gasteiger charge is 2.26. The summed E-state index contributed by atoms with van der Waals surface area (Å²) in [5.74, 6) is -0.103. The van der Waals surface area contributed by atoms with Gasteiger partial charge in [-0.05, 0) is 37.8 Å². The standard InChI is InChI=1S/C16H27N3O2/c1-7-12-13(11(3)20)10(2)18-14(12)15(21)19(6)9-16(4,5)8-17/h18H,7-9,17H2,1-6H3. The van der Waals surface area contributed by atoms with Crippen molar-refractivity contribution in [3.63, 3.8) is 0 Å². The van der Waals surface area contributed by atoms with Gasteiger partial charge < -0.3 is 15.6 Å². The molecule has 21 heavy (non-hydrogen) atoms. The molecule has 0 aromatic carbocycles. The number of carbonyl (C=O) groups excluding carboxylic acids is 2. The van der Waals surface area contributed by atoms with Gasteiger partial charge in [0, 0.05) is 24.8 Å². The first kappa shape index (κ1) is 17.4. The Bertz CT molecular complexity index is 544. The van der Waals surface area contributed by atoms with Gasteiger partial charge in [-0.1, -0.05) is 20.8 Å². The molecule has 0 unspecified atom stereocenters. The number of amides is 1. The molecule has 0 fully saturated rings. The Kier molecular flexibility index (Phi) is 5.34. The highest BCUT2D eigenvalue weighted by atomic mass is 16.2. The first-order chi connectivity index (χ1) is 9.64. The van der Waals surface area contributed by atoms with Gasteiger partial charge in [-0.15, -0.1) is 0 Å². The number of aromatic amines is 1. The highest BCUT2D eigenvalue weighted by molar-refractivity contribution is 6.02. The Labute approximate surface area is 126 Å². The van der Waals surface area contributed by atoms with E-state index in [0.29, 0.717) is 30.8 Å². The molecule has 0 radical (unpaired) electrons. The summed E-state index contributed by atoms with van der Waals surface area (Å²) in [6.07, 6.45) is 0.647. The van der Waals surface area contributed by atoms with Gasteiger partial charge in [0.2, 0.25) is 0 Å². The lowest BCUT2D eigenvalue weighted by Crippen LogP contribution is -2.40. The third-order valence-electron chi connectivity index (χ3n) is 3.78. The Morgan fingerprint density at radius 1 is 1.33 bits per heavy atom. The quantitative estimate of drug-likeness (QED) is 0.789. The van der Waals surface area contributed by atoms with E-state index in [9.17, 15) is 9.59 Å². The minimum Gasteiger partial charge on any atom is -0.354 e. The summed E-state index contributed by atoms with van der Waals surface area (Å²) < 4.78 is 0. The van der Waals surface area contributed by atoms with Crippen molar-refractivity contribution in [3.05, 3.63) is 22.5 Å². The van der Waals surface area contributed by atoms with E-state index in [1.165, 1.54) is 6.92 Å². The lowest BCUT2D eigenvalue weighted by molar-refractivity contribution is 0.0734. The lowest BCUT2D eigenvalue weighted by atomic mass is 9.93. The number of nitrogens with two attached hydrogens (primary N) is 1. The number of nitrogens with one attached hydrogen (secondary N) is 1. The molecule has 5 heteroatoms. The van der Waals surface area contributed by atoms with E-state index in [-0.39, 0.29) is 17.1 Å². The number of H-pyrrole nitrogens is 1. The van der Waals surface area contributed by atoms with Crippen molar-refractivity contribution >= 4 is 11.7 Å². The summed E-state index contributed by atoms with van der Waals surface area (Å²) >= 11 is 0. The van der Waals surface area contributed by atoms with Crippen LogP contribution in [0.1, 0.15) is 59.8 Å². The third kappa shape index (κ3) is 3.73. The van der Waals surface area contributed by atoms with Crippen LogP contribution in [0.25, 0.3) is 0 Å². The number of rotatable bonds is 6. The predicted molar refractivity (Wildman–Crippen MR) is 84.7 cm³/mol. The van der Waals surface area contributed by atoms with E-state index < -0.39 is 0 Å². The fourth-order valence-corrected chi connectivity index (χ4v) is 2.66. The number of aromatic nitrogens is 1. The van der Waals surface area contributed by atoms with Crippen LogP contribution in [0, 0.1) is 12.3 Å². The zero-order valence-corrected chi connectivity index (χ0v) is 14.0. The van der Waals surface area contributed by atoms with Crippen molar-refractivity contribution in [2.45, 2.75) is 41.0 Å². The lowest BCUT2D eigenvalue weighted by Gasteiger charge is -2.29. The van der Waals surface area contributed by atoms with Crippen LogP contribution in [0.3, 0.4) is 0 Å². The second kappa shape index (κ2) is 6.43. The van der Waals surface area contributed by atoms with Crippen molar-refractivity contribution < 1.29 is 9.59 Å². The maximum absolute atomic E-state index is 12.6. The summed E-state index contributed by atoms with van der Waals surface area (Å²) in [5.41, 5.74) is 8.33. The van der Waals surface area contributed by atoms with Crippen LogP contribution in [-0.2, 0) is 6.42 Å². The average Bonchev–Trinajstić information content (AvgIpc) is 2.73. The monoisotopic (exact) mass is 293 g/mol. The molecule has 1 aromatic heterocycles. The maximum atomic E-state index is 12.6. The molecule has 1 heterocycles. The van der Waals surface area contributed by atoms with E-state index in [4.69, 9.17) is 5.73 Å². The SMILES string of the molecule is CCc1c(C(=O)N(C)CC(C)(C)CN)[nH]c(C)c1C(C)=O. The van der Waals surface area contributed by atoms with E-state index in [1.54, 1.807) is 11.9 Å². The average molecular weight is 293 g/mol. The molecule has 3 N–H and O–H groups in total. The number of hydrogen-bond donors (Lipinski definition) is 2. The van der Waals surface area contributed by atoms with Crippen molar-refractivity contribution in [2.24, 2.45) is 11.1 Å². The Morgan fingerprint density at radius 3 is 2.33 bits per heavy atom. The maximum Gasteiger partial charge on any atom is 0.270 e. The first-order valence-corrected chi connectivity index (χ1v) is 7.32. The van der Waals surface area contributed by atoms with Crippen LogP contribution in [0.5, 0.6) is 0 Å². The van der Waals surface area contributed by atoms with Crippen LogP contribution >= 0.6 is 0 Å². The molecule has 5 nitrogen and oxygen atoms in total. The number of aryl methyl sites for hydroxylation is 1. The van der Waals surface area contributed by atoms with Crippen LogP contribution in [0.2, 0.25) is 0 Å². The molecule has 0 aliphatic carbocycles. The molecule has 1 aromatic rings. The minimum absolute atomic E-state index is 0.00964. The fraction of sp³-hybridized carbons (Fsp3) is 0.625. The van der Waals surface area contributed by atoms with Crippen molar-refractivity contribution in [1.29, 1.82) is 0 Å². The second-order valence-corrected chi connectivity index (χ2v) is 6.42. The van der Waals surface area contributed by atoms with Crippen molar-refractivity contribution in [3.8, 4) is 0 Å². The van der Waals surface area contributed by atoms with E-state index in [1.807, 2.05) is 27.7 Å². The summed E-state index contributed by atoms with van der Waals surface area (Å²) in [5, 5.41) is 0. The van der Waals surface area contributed by atoms with E-state index >= 15 is 0 Å². The van der Waals surface area contributed by atoms with Gasteiger partial charge >= 0.3 is 0 Å². The van der Waals surface area contributed by atoms with Crippen LogP contribution in [0.15, 0.2) is 0 Å². The van der Waals surface area contributed by atoms with Gasteiger partial charge in [0.05, 0.1) is 0 Å².